The third-order valence-electron chi connectivity index (χ3n) is 4.26. The molecule has 1 saturated carbocycles. The highest BCUT2D eigenvalue weighted by Crippen LogP contribution is 2.21. The zero-order valence-corrected chi connectivity index (χ0v) is 12.1. The van der Waals surface area contributed by atoms with Crippen LogP contribution in [-0.4, -0.2) is 37.7 Å². The number of methoxy groups -OCH3 is 1. The van der Waals surface area contributed by atoms with E-state index in [9.17, 15) is 0 Å². The van der Waals surface area contributed by atoms with Crippen LogP contribution in [0.25, 0.3) is 0 Å². The molecule has 0 spiro atoms. The molecule has 1 aromatic carbocycles. The normalized spacial score (nSPS) is 23.6. The summed E-state index contributed by atoms with van der Waals surface area (Å²) in [6.07, 6.45) is 6.12. The lowest BCUT2D eigenvalue weighted by Crippen LogP contribution is -2.48. The van der Waals surface area contributed by atoms with Gasteiger partial charge in [-0.2, -0.15) is 0 Å². The Bertz CT molecular complexity index is 377. The Hall–Kier alpha value is -1.06. The van der Waals surface area contributed by atoms with Crippen LogP contribution in [0.1, 0.15) is 31.2 Å². The van der Waals surface area contributed by atoms with Crippen LogP contribution in [0, 0.1) is 0 Å². The maximum absolute atomic E-state index is 6.23. The largest absolute Gasteiger partial charge is 0.497 e. The Balaban J connectivity index is 1.83. The summed E-state index contributed by atoms with van der Waals surface area (Å²) < 4.78 is 5.18. The van der Waals surface area contributed by atoms with Gasteiger partial charge < -0.3 is 15.4 Å². The molecule has 0 aliphatic heterocycles. The van der Waals surface area contributed by atoms with Crippen molar-refractivity contribution in [2.75, 3.05) is 20.7 Å². The monoisotopic (exact) mass is 262 g/mol. The number of hydrogen-bond donors (Lipinski definition) is 1. The van der Waals surface area contributed by atoms with Crippen LogP contribution in [0.15, 0.2) is 24.3 Å². The molecule has 2 rings (SSSR count). The smallest absolute Gasteiger partial charge is 0.118 e. The molecule has 0 bridgehead atoms. The van der Waals surface area contributed by atoms with Crippen LogP contribution in [0.2, 0.25) is 0 Å². The minimum absolute atomic E-state index is 0.356. The molecule has 2 N–H and O–H groups in total. The van der Waals surface area contributed by atoms with Crippen molar-refractivity contribution in [1.29, 1.82) is 0 Å². The molecule has 19 heavy (non-hydrogen) atoms. The molecule has 1 aromatic rings. The first-order chi connectivity index (χ1) is 9.20. The number of rotatable bonds is 5. The zero-order valence-electron chi connectivity index (χ0n) is 12.1. The van der Waals surface area contributed by atoms with Gasteiger partial charge in [0, 0.05) is 18.6 Å². The molecule has 2 atom stereocenters. The van der Waals surface area contributed by atoms with Gasteiger partial charge in [0.15, 0.2) is 0 Å². The van der Waals surface area contributed by atoms with Gasteiger partial charge in [-0.1, -0.05) is 25.0 Å². The van der Waals surface area contributed by atoms with E-state index in [-0.39, 0.29) is 0 Å². The summed E-state index contributed by atoms with van der Waals surface area (Å²) in [7, 11) is 3.91. The predicted molar refractivity (Wildman–Crippen MR) is 79.6 cm³/mol. The number of hydrogen-bond acceptors (Lipinski definition) is 3. The van der Waals surface area contributed by atoms with E-state index in [2.05, 4.69) is 24.1 Å². The quantitative estimate of drug-likeness (QED) is 0.886. The van der Waals surface area contributed by atoms with E-state index in [4.69, 9.17) is 10.5 Å². The van der Waals surface area contributed by atoms with Gasteiger partial charge >= 0.3 is 0 Å². The molecule has 106 valence electrons. The maximum atomic E-state index is 6.23. The number of nitrogens with zero attached hydrogens (tertiary/aromatic N) is 1. The molecular weight excluding hydrogens is 236 g/mol. The fraction of sp³-hybridized carbons (Fsp3) is 0.625. The molecule has 0 amide bonds. The van der Waals surface area contributed by atoms with E-state index in [1.165, 1.54) is 31.2 Å². The van der Waals surface area contributed by atoms with E-state index >= 15 is 0 Å². The van der Waals surface area contributed by atoms with Crippen LogP contribution >= 0.6 is 0 Å². The van der Waals surface area contributed by atoms with Gasteiger partial charge in [0.05, 0.1) is 7.11 Å². The Kier molecular flexibility index (Phi) is 5.23. The molecule has 1 fully saturated rings. The average Bonchev–Trinajstić information content (AvgIpc) is 2.46. The van der Waals surface area contributed by atoms with Gasteiger partial charge in [0.2, 0.25) is 0 Å². The maximum Gasteiger partial charge on any atom is 0.118 e. The molecule has 2 unspecified atom stereocenters. The summed E-state index contributed by atoms with van der Waals surface area (Å²) >= 11 is 0. The molecule has 0 radical (unpaired) electrons. The van der Waals surface area contributed by atoms with E-state index in [1.807, 2.05) is 12.1 Å². The number of likely N-dealkylation sites (N-methyl/N-ethyl adjacent to an activating group) is 1. The highest BCUT2D eigenvalue weighted by atomic mass is 16.5. The van der Waals surface area contributed by atoms with Gasteiger partial charge in [-0.25, -0.2) is 0 Å². The van der Waals surface area contributed by atoms with Crippen LogP contribution in [0.5, 0.6) is 5.75 Å². The second kappa shape index (κ2) is 6.92. The Morgan fingerprint density at radius 3 is 2.53 bits per heavy atom. The van der Waals surface area contributed by atoms with E-state index in [0.29, 0.717) is 12.1 Å². The molecular formula is C16H26N2O. The topological polar surface area (TPSA) is 38.5 Å². The first-order valence-electron chi connectivity index (χ1n) is 7.29. The third kappa shape index (κ3) is 3.95. The van der Waals surface area contributed by atoms with Crippen molar-refractivity contribution in [2.24, 2.45) is 5.73 Å². The lowest BCUT2D eigenvalue weighted by Gasteiger charge is -2.36. The fourth-order valence-electron chi connectivity index (χ4n) is 2.95. The summed E-state index contributed by atoms with van der Waals surface area (Å²) in [4.78, 5) is 2.44. The van der Waals surface area contributed by atoms with Gasteiger partial charge in [-0.15, -0.1) is 0 Å². The van der Waals surface area contributed by atoms with Crippen molar-refractivity contribution < 1.29 is 4.74 Å². The fourth-order valence-corrected chi connectivity index (χ4v) is 2.95. The van der Waals surface area contributed by atoms with Crippen molar-refractivity contribution in [1.82, 2.24) is 4.90 Å². The lowest BCUT2D eigenvalue weighted by atomic mass is 9.90. The van der Waals surface area contributed by atoms with Crippen molar-refractivity contribution in [3.63, 3.8) is 0 Å². The van der Waals surface area contributed by atoms with E-state index in [0.717, 1.165) is 18.7 Å². The van der Waals surface area contributed by atoms with Crippen molar-refractivity contribution >= 4 is 0 Å². The van der Waals surface area contributed by atoms with Crippen LogP contribution in [-0.2, 0) is 6.42 Å². The SMILES string of the molecule is COc1ccc(CCN(C)C2CCCCC2N)cc1. The summed E-state index contributed by atoms with van der Waals surface area (Å²) in [5.74, 6) is 0.923. The van der Waals surface area contributed by atoms with Crippen LogP contribution in [0.3, 0.4) is 0 Å². The summed E-state index contributed by atoms with van der Waals surface area (Å²) in [5, 5.41) is 0. The number of ether oxygens (including phenoxy) is 1. The average molecular weight is 262 g/mol. The highest BCUT2D eigenvalue weighted by molar-refractivity contribution is 5.27. The molecule has 3 heteroatoms. The number of nitrogens with two attached hydrogens (primary N) is 1. The van der Waals surface area contributed by atoms with E-state index < -0.39 is 0 Å². The van der Waals surface area contributed by atoms with E-state index in [1.54, 1.807) is 7.11 Å². The van der Waals surface area contributed by atoms with Crippen molar-refractivity contribution in [3.05, 3.63) is 29.8 Å². The zero-order chi connectivity index (χ0) is 13.7. The third-order valence-corrected chi connectivity index (χ3v) is 4.26. The lowest BCUT2D eigenvalue weighted by molar-refractivity contribution is 0.171. The molecule has 1 aliphatic rings. The minimum Gasteiger partial charge on any atom is -0.497 e. The first-order valence-corrected chi connectivity index (χ1v) is 7.29. The predicted octanol–water partition coefficient (Wildman–Crippen LogP) is 2.44. The van der Waals surface area contributed by atoms with Crippen molar-refractivity contribution in [3.8, 4) is 5.75 Å². The van der Waals surface area contributed by atoms with Gasteiger partial charge in [-0.3, -0.25) is 0 Å². The number of benzene rings is 1. The second-order valence-electron chi connectivity index (χ2n) is 5.59. The van der Waals surface area contributed by atoms with Gasteiger partial charge in [0.25, 0.3) is 0 Å². The summed E-state index contributed by atoms with van der Waals surface area (Å²) in [6, 6.07) is 9.27. The summed E-state index contributed by atoms with van der Waals surface area (Å²) in [6.45, 7) is 1.07. The van der Waals surface area contributed by atoms with Crippen LogP contribution in [0.4, 0.5) is 0 Å². The van der Waals surface area contributed by atoms with Gasteiger partial charge in [-0.05, 0) is 44.0 Å². The Morgan fingerprint density at radius 2 is 1.89 bits per heavy atom. The Morgan fingerprint density at radius 1 is 1.21 bits per heavy atom. The molecule has 0 aromatic heterocycles. The molecule has 0 saturated heterocycles. The van der Waals surface area contributed by atoms with Crippen LogP contribution < -0.4 is 10.5 Å². The standard InChI is InChI=1S/C16H26N2O/c1-18(16-6-4-3-5-15(16)17)12-11-13-7-9-14(19-2)10-8-13/h7-10,15-16H,3-6,11-12,17H2,1-2H3. The molecule has 3 nitrogen and oxygen atoms in total. The second-order valence-corrected chi connectivity index (χ2v) is 5.59. The van der Waals surface area contributed by atoms with Crippen molar-refractivity contribution in [2.45, 2.75) is 44.2 Å². The Labute approximate surface area is 116 Å². The first kappa shape index (κ1) is 14.4. The highest BCUT2D eigenvalue weighted by Gasteiger charge is 2.24. The molecule has 1 aliphatic carbocycles. The summed E-state index contributed by atoms with van der Waals surface area (Å²) in [5.41, 5.74) is 7.59. The molecule has 0 heterocycles. The van der Waals surface area contributed by atoms with Gasteiger partial charge in [0.1, 0.15) is 5.75 Å². The minimum atomic E-state index is 0.356.